The van der Waals surface area contributed by atoms with E-state index in [1.807, 2.05) is 23.5 Å². The van der Waals surface area contributed by atoms with Crippen LogP contribution < -0.4 is 0 Å². The Bertz CT molecular complexity index is 995. The lowest BCUT2D eigenvalue weighted by Gasteiger charge is -2.41. The van der Waals surface area contributed by atoms with E-state index in [-0.39, 0.29) is 49.1 Å². The lowest BCUT2D eigenvalue weighted by Crippen LogP contribution is -2.36. The number of rotatable bonds is 0. The molecule has 35 heavy (non-hydrogen) atoms. The Labute approximate surface area is 222 Å². The molecule has 1 aliphatic heterocycles. The third kappa shape index (κ3) is 5.35. The van der Waals surface area contributed by atoms with Gasteiger partial charge in [-0.1, -0.05) is 95.2 Å². The number of hydrogen-bond donors (Lipinski definition) is 0. The Morgan fingerprint density at radius 3 is 1.09 bits per heavy atom. The van der Waals surface area contributed by atoms with E-state index in [4.69, 9.17) is 0 Å². The van der Waals surface area contributed by atoms with Crippen LogP contribution in [0.3, 0.4) is 0 Å². The lowest BCUT2D eigenvalue weighted by molar-refractivity contribution is -0.115. The summed E-state index contributed by atoms with van der Waals surface area (Å²) in [5.74, 6) is 0.487. The Morgan fingerprint density at radius 1 is 0.571 bits per heavy atom. The summed E-state index contributed by atoms with van der Waals surface area (Å²) in [7, 11) is 0. The molecule has 4 heteroatoms. The van der Waals surface area contributed by atoms with E-state index in [1.54, 1.807) is 0 Å². The Morgan fingerprint density at radius 2 is 0.857 bits per heavy atom. The first-order chi connectivity index (χ1) is 15.5. The van der Waals surface area contributed by atoms with Crippen LogP contribution in [0.1, 0.15) is 96.9 Å². The predicted octanol–water partition coefficient (Wildman–Crippen LogP) is 9.15. The second kappa shape index (κ2) is 8.51. The molecule has 0 bridgehead atoms. The summed E-state index contributed by atoms with van der Waals surface area (Å²) in [6.07, 6.45) is 4.53. The molecule has 1 fully saturated rings. The molecule has 0 radical (unpaired) electrons. The van der Waals surface area contributed by atoms with Crippen LogP contribution in [0.25, 0.3) is 0 Å². The molecule has 3 rings (SSSR count). The number of ketones is 2. The van der Waals surface area contributed by atoms with Crippen LogP contribution in [-0.4, -0.2) is 15.6 Å². The van der Waals surface area contributed by atoms with Crippen LogP contribution in [-0.2, 0) is 9.59 Å². The third-order valence-electron chi connectivity index (χ3n) is 6.95. The molecule has 0 N–H and O–H groups in total. The molecule has 0 unspecified atom stereocenters. The highest BCUT2D eigenvalue weighted by Gasteiger charge is 2.50. The minimum atomic E-state index is -0.273. The van der Waals surface area contributed by atoms with Gasteiger partial charge in [0.05, 0.1) is 4.08 Å². The molecule has 1 saturated heterocycles. The van der Waals surface area contributed by atoms with Crippen LogP contribution in [0.15, 0.2) is 44.3 Å². The molecule has 2 nitrogen and oxygen atoms in total. The number of hydrogen-bond acceptors (Lipinski definition) is 4. The van der Waals surface area contributed by atoms with Gasteiger partial charge in [-0.2, -0.15) is 0 Å². The molecule has 3 aliphatic rings. The van der Waals surface area contributed by atoms with Gasteiger partial charge >= 0.3 is 0 Å². The van der Waals surface area contributed by atoms with Crippen LogP contribution >= 0.6 is 23.5 Å². The second-order valence-corrected chi connectivity index (χ2v) is 18.5. The van der Waals surface area contributed by atoms with Crippen molar-refractivity contribution in [1.82, 2.24) is 0 Å². The fourth-order valence-electron chi connectivity index (χ4n) is 5.41. The standard InChI is InChI=1S/C31H46O2S2/c1-27(2,3)19-15-17-18-16-20(28(4,5)6)24(33)22(30(10,11)12)26(18)35-31(13,14)34-25(17)21(23(19)32)29(7,8)9/h15-18H,1-14H3/t17-,18-/m1/s1. The minimum Gasteiger partial charge on any atom is -0.289 e. The summed E-state index contributed by atoms with van der Waals surface area (Å²) < 4.78 is -0.203. The fourth-order valence-corrected chi connectivity index (χ4v) is 8.88. The average Bonchev–Trinajstić information content (AvgIpc) is 2.67. The third-order valence-corrected chi connectivity index (χ3v) is 9.82. The van der Waals surface area contributed by atoms with E-state index in [2.05, 4.69) is 109 Å². The van der Waals surface area contributed by atoms with Crippen LogP contribution in [0.5, 0.6) is 0 Å². The first-order valence-corrected chi connectivity index (χ1v) is 14.5. The summed E-state index contributed by atoms with van der Waals surface area (Å²) in [4.78, 5) is 30.4. The summed E-state index contributed by atoms with van der Waals surface area (Å²) in [5, 5.41) is 0. The number of carbonyl (C=O) groups excluding carboxylic acids is 2. The van der Waals surface area contributed by atoms with Crippen molar-refractivity contribution in [1.29, 1.82) is 0 Å². The second-order valence-electron chi connectivity index (χ2n) is 15.0. The molecule has 0 amide bonds. The van der Waals surface area contributed by atoms with Crippen molar-refractivity contribution in [2.45, 2.75) is 101 Å². The molecule has 1 heterocycles. The Hall–Kier alpha value is -1.00. The van der Waals surface area contributed by atoms with Crippen molar-refractivity contribution in [3.63, 3.8) is 0 Å². The molecule has 0 aromatic carbocycles. The van der Waals surface area contributed by atoms with Gasteiger partial charge in [0.25, 0.3) is 0 Å². The molecule has 0 aromatic heterocycles. The zero-order valence-electron chi connectivity index (χ0n) is 24.4. The van der Waals surface area contributed by atoms with Gasteiger partial charge in [-0.05, 0) is 35.5 Å². The smallest absolute Gasteiger partial charge is 0.186 e. The average molecular weight is 515 g/mol. The summed E-state index contributed by atoms with van der Waals surface area (Å²) in [6.45, 7) is 30.3. The summed E-state index contributed by atoms with van der Waals surface area (Å²) in [6, 6.07) is 0. The summed E-state index contributed by atoms with van der Waals surface area (Å²) in [5.41, 5.74) is 2.66. The van der Waals surface area contributed by atoms with Crippen molar-refractivity contribution in [3.05, 3.63) is 44.3 Å². The van der Waals surface area contributed by atoms with E-state index in [0.717, 1.165) is 22.3 Å². The van der Waals surface area contributed by atoms with E-state index in [0.29, 0.717) is 0 Å². The molecule has 194 valence electrons. The Kier molecular flexibility index (Phi) is 6.95. The van der Waals surface area contributed by atoms with E-state index < -0.39 is 0 Å². The van der Waals surface area contributed by atoms with Crippen molar-refractivity contribution in [2.24, 2.45) is 33.5 Å². The highest BCUT2D eigenvalue weighted by atomic mass is 32.2. The van der Waals surface area contributed by atoms with E-state index in [1.165, 1.54) is 9.81 Å². The van der Waals surface area contributed by atoms with Gasteiger partial charge in [-0.3, -0.25) is 9.59 Å². The summed E-state index contributed by atoms with van der Waals surface area (Å²) >= 11 is 3.67. The SMILES string of the molecule is CC1(C)SC2=C(C(C)(C)C)C(=O)C(C(C)(C)C)=C[C@@H]2[C@H]2C=C(C(C)(C)C)C(=O)C(C(C)(C)C)=C2S1. The van der Waals surface area contributed by atoms with Gasteiger partial charge in [0.2, 0.25) is 0 Å². The number of thioether (sulfide) groups is 2. The Balaban J connectivity index is 2.49. The number of fused-ring (bicyclic) bond motifs is 3. The molecule has 0 saturated carbocycles. The largest absolute Gasteiger partial charge is 0.289 e. The van der Waals surface area contributed by atoms with Crippen LogP contribution in [0.4, 0.5) is 0 Å². The highest BCUT2D eigenvalue weighted by molar-refractivity contribution is 8.21. The van der Waals surface area contributed by atoms with E-state index >= 15 is 0 Å². The quantitative estimate of drug-likeness (QED) is 0.323. The molecule has 0 spiro atoms. The lowest BCUT2D eigenvalue weighted by atomic mass is 9.65. The topological polar surface area (TPSA) is 34.1 Å². The first-order valence-electron chi connectivity index (χ1n) is 12.9. The molecule has 0 aromatic rings. The monoisotopic (exact) mass is 514 g/mol. The first kappa shape index (κ1) is 28.6. The highest BCUT2D eigenvalue weighted by Crippen LogP contribution is 2.62. The maximum Gasteiger partial charge on any atom is 0.186 e. The normalized spacial score (nSPS) is 26.2. The van der Waals surface area contributed by atoms with Gasteiger partial charge in [0, 0.05) is 43.9 Å². The maximum atomic E-state index is 14.0. The maximum absolute atomic E-state index is 14.0. The molecule has 2 aliphatic carbocycles. The predicted molar refractivity (Wildman–Crippen MR) is 154 cm³/mol. The van der Waals surface area contributed by atoms with Gasteiger partial charge in [0.15, 0.2) is 11.6 Å². The van der Waals surface area contributed by atoms with Crippen molar-refractivity contribution in [2.75, 3.05) is 0 Å². The zero-order chi connectivity index (χ0) is 27.1. The zero-order valence-corrected chi connectivity index (χ0v) is 26.1. The number of carbonyl (C=O) groups is 2. The molecular formula is C31H46O2S2. The van der Waals surface area contributed by atoms with Crippen LogP contribution in [0.2, 0.25) is 0 Å². The molecular weight excluding hydrogens is 468 g/mol. The van der Waals surface area contributed by atoms with Crippen molar-refractivity contribution >= 4 is 35.1 Å². The molecule has 2 atom stereocenters. The number of allylic oxidation sites excluding steroid dienone is 8. The van der Waals surface area contributed by atoms with Gasteiger partial charge in [-0.15, -0.1) is 23.5 Å². The van der Waals surface area contributed by atoms with Crippen molar-refractivity contribution in [3.8, 4) is 0 Å². The van der Waals surface area contributed by atoms with Gasteiger partial charge in [0.1, 0.15) is 0 Å². The van der Waals surface area contributed by atoms with Crippen LogP contribution in [0, 0.1) is 33.5 Å². The minimum absolute atomic E-state index is 0.0493. The van der Waals surface area contributed by atoms with Gasteiger partial charge < -0.3 is 0 Å². The van der Waals surface area contributed by atoms with Crippen molar-refractivity contribution < 1.29 is 9.59 Å². The number of Topliss-reactive ketones (excluding diaryl/α,β-unsaturated/α-hetero) is 2. The van der Waals surface area contributed by atoms with E-state index in [9.17, 15) is 9.59 Å². The fraction of sp³-hybridized carbons (Fsp3) is 0.677. The van der Waals surface area contributed by atoms with Gasteiger partial charge in [-0.25, -0.2) is 0 Å².